The number of amides is 3. The number of nitrogens with zero attached hydrogens (tertiary/aromatic N) is 4. The molecule has 1 saturated heterocycles. The van der Waals surface area contributed by atoms with Crippen molar-refractivity contribution < 1.29 is 32.2 Å². The first-order chi connectivity index (χ1) is 21.7. The minimum atomic E-state index is -2.92. The molecule has 0 aliphatic carbocycles. The van der Waals surface area contributed by atoms with Gasteiger partial charge in [-0.15, -0.1) is 0 Å². The molecule has 2 aliphatic heterocycles. The molecule has 0 spiro atoms. The van der Waals surface area contributed by atoms with Crippen LogP contribution in [0.5, 0.6) is 5.75 Å². The van der Waals surface area contributed by atoms with Crippen molar-refractivity contribution in [3.8, 4) is 17.1 Å². The second-order valence-corrected chi connectivity index (χ2v) is 11.2. The molecule has 9 nitrogen and oxygen atoms in total. The number of carbonyl (C=O) groups excluding carboxylic acids is 2. The third-order valence-electron chi connectivity index (χ3n) is 8.01. The molecule has 1 N–H and O–H groups in total. The third-order valence-corrected chi connectivity index (χ3v) is 8.36. The van der Waals surface area contributed by atoms with Crippen LogP contribution in [-0.4, -0.2) is 46.2 Å². The Bertz CT molecular complexity index is 1710. The van der Waals surface area contributed by atoms with Gasteiger partial charge in [-0.1, -0.05) is 41.9 Å². The van der Waals surface area contributed by atoms with Crippen LogP contribution in [0.1, 0.15) is 34.7 Å². The van der Waals surface area contributed by atoms with Crippen LogP contribution in [-0.2, 0) is 36.3 Å². The summed E-state index contributed by atoms with van der Waals surface area (Å²) in [6.07, 6.45) is 1.75. The monoisotopic (exact) mass is 639 g/mol. The van der Waals surface area contributed by atoms with Gasteiger partial charge < -0.3 is 14.0 Å². The van der Waals surface area contributed by atoms with Crippen molar-refractivity contribution in [2.24, 2.45) is 7.05 Å². The van der Waals surface area contributed by atoms with Gasteiger partial charge in [0.05, 0.1) is 23.9 Å². The fourth-order valence-electron chi connectivity index (χ4n) is 5.69. The highest BCUT2D eigenvalue weighted by Gasteiger charge is 2.32. The van der Waals surface area contributed by atoms with E-state index in [4.69, 9.17) is 21.1 Å². The zero-order valence-electron chi connectivity index (χ0n) is 24.2. The van der Waals surface area contributed by atoms with Gasteiger partial charge in [0.25, 0.3) is 0 Å². The quantitative estimate of drug-likeness (QED) is 0.222. The molecule has 3 amide bonds. The summed E-state index contributed by atoms with van der Waals surface area (Å²) >= 11 is 6.09. The number of alkyl halides is 2. The van der Waals surface area contributed by atoms with E-state index >= 15 is 0 Å². The first kappa shape index (κ1) is 30.6. The number of aromatic nitrogens is 2. The Morgan fingerprint density at radius 2 is 1.91 bits per heavy atom. The number of ether oxygens (including phenoxy) is 2. The molecule has 1 aromatic heterocycles. The Balaban J connectivity index is 1.19. The van der Waals surface area contributed by atoms with Crippen molar-refractivity contribution in [1.82, 2.24) is 19.8 Å². The maximum atomic E-state index is 14.1. The van der Waals surface area contributed by atoms with Gasteiger partial charge >= 0.3 is 12.6 Å². The highest BCUT2D eigenvalue weighted by molar-refractivity contribution is 6.31. The van der Waals surface area contributed by atoms with Gasteiger partial charge in [0.15, 0.2) is 0 Å². The minimum Gasteiger partial charge on any atom is -0.489 e. The average Bonchev–Trinajstić information content (AvgIpc) is 3.55. The number of benzene rings is 3. The van der Waals surface area contributed by atoms with Crippen LogP contribution >= 0.6 is 11.6 Å². The Kier molecular flexibility index (Phi) is 8.79. The standard InChI is InChI=1S/C32H29ClF3N5O4/c1-39-29(41-12-11-28(42)38-32(41)43)14-37-30(39)20-7-8-21-16-40(27(23(21)13-20)18-45-31(35)36)15-19-5-9-22(10-6-19)44-17-24-25(33)3-2-4-26(24)34/h2-10,13-14,27,31H,11-12,15-18H2,1H3,(H,38,42,43). The van der Waals surface area contributed by atoms with E-state index in [1.54, 1.807) is 36.0 Å². The molecule has 1 unspecified atom stereocenters. The van der Waals surface area contributed by atoms with E-state index in [0.717, 1.165) is 22.3 Å². The number of rotatable bonds is 10. The third kappa shape index (κ3) is 6.53. The number of halogens is 4. The zero-order valence-corrected chi connectivity index (χ0v) is 24.9. The van der Waals surface area contributed by atoms with Gasteiger partial charge in [-0.05, 0) is 47.0 Å². The van der Waals surface area contributed by atoms with Gasteiger partial charge in [-0.25, -0.2) is 14.2 Å². The number of imidazole rings is 1. The van der Waals surface area contributed by atoms with E-state index in [2.05, 4.69) is 15.2 Å². The molecule has 1 atom stereocenters. The Morgan fingerprint density at radius 1 is 1.11 bits per heavy atom. The Morgan fingerprint density at radius 3 is 2.64 bits per heavy atom. The number of anilines is 1. The predicted molar refractivity (Wildman–Crippen MR) is 160 cm³/mol. The normalized spacial score (nSPS) is 16.8. The maximum absolute atomic E-state index is 14.1. The Labute approximate surface area is 262 Å². The maximum Gasteiger partial charge on any atom is 0.345 e. The largest absolute Gasteiger partial charge is 0.489 e. The van der Waals surface area contributed by atoms with Crippen molar-refractivity contribution in [3.05, 3.63) is 100.0 Å². The van der Waals surface area contributed by atoms with Gasteiger partial charge in [0.2, 0.25) is 5.91 Å². The molecule has 45 heavy (non-hydrogen) atoms. The molecule has 1 fully saturated rings. The lowest BCUT2D eigenvalue weighted by Crippen LogP contribution is -2.50. The lowest BCUT2D eigenvalue weighted by atomic mass is 10.0. The summed E-state index contributed by atoms with van der Waals surface area (Å²) in [5.74, 6) is 0.876. The molecule has 234 valence electrons. The van der Waals surface area contributed by atoms with Crippen LogP contribution in [0, 0.1) is 5.82 Å². The lowest BCUT2D eigenvalue weighted by molar-refractivity contribution is -0.141. The molecule has 2 aliphatic rings. The minimum absolute atomic E-state index is 0.0238. The van der Waals surface area contributed by atoms with Crippen LogP contribution in [0.3, 0.4) is 0 Å². The van der Waals surface area contributed by atoms with E-state index in [1.807, 2.05) is 30.3 Å². The Hall–Kier alpha value is -4.39. The number of hydrogen-bond acceptors (Lipinski definition) is 6. The molecule has 13 heteroatoms. The van der Waals surface area contributed by atoms with Crippen LogP contribution in [0.15, 0.2) is 66.9 Å². The smallest absolute Gasteiger partial charge is 0.345 e. The second-order valence-electron chi connectivity index (χ2n) is 10.8. The molecule has 3 heterocycles. The van der Waals surface area contributed by atoms with Crippen molar-refractivity contribution in [2.45, 2.75) is 38.8 Å². The van der Waals surface area contributed by atoms with E-state index in [1.165, 1.54) is 17.0 Å². The predicted octanol–water partition coefficient (Wildman–Crippen LogP) is 6.20. The summed E-state index contributed by atoms with van der Waals surface area (Å²) < 4.78 is 52.8. The van der Waals surface area contributed by atoms with Crippen LogP contribution in [0.25, 0.3) is 11.4 Å². The summed E-state index contributed by atoms with van der Waals surface area (Å²) in [4.78, 5) is 32.0. The molecule has 0 bridgehead atoms. The number of fused-ring (bicyclic) bond motifs is 1. The number of urea groups is 1. The summed E-state index contributed by atoms with van der Waals surface area (Å²) in [5.41, 5.74) is 3.77. The summed E-state index contributed by atoms with van der Waals surface area (Å²) in [5, 5.41) is 2.60. The molecule has 0 radical (unpaired) electrons. The van der Waals surface area contributed by atoms with Gasteiger partial charge in [-0.2, -0.15) is 8.78 Å². The van der Waals surface area contributed by atoms with Crippen LogP contribution in [0.2, 0.25) is 5.02 Å². The van der Waals surface area contributed by atoms with Crippen molar-refractivity contribution in [3.63, 3.8) is 0 Å². The highest BCUT2D eigenvalue weighted by atomic mass is 35.5. The van der Waals surface area contributed by atoms with E-state index in [-0.39, 0.29) is 42.7 Å². The van der Waals surface area contributed by atoms with Crippen molar-refractivity contribution in [2.75, 3.05) is 18.1 Å². The highest BCUT2D eigenvalue weighted by Crippen LogP contribution is 2.38. The molecule has 4 aromatic rings. The first-order valence-electron chi connectivity index (χ1n) is 14.2. The number of hydrogen-bond donors (Lipinski definition) is 1. The number of nitrogens with one attached hydrogen (secondary N) is 1. The van der Waals surface area contributed by atoms with Crippen LogP contribution < -0.4 is 15.0 Å². The van der Waals surface area contributed by atoms with Gasteiger partial charge in [-0.3, -0.25) is 19.9 Å². The van der Waals surface area contributed by atoms with Gasteiger partial charge in [0, 0.05) is 44.2 Å². The molecule has 6 rings (SSSR count). The van der Waals surface area contributed by atoms with Crippen LogP contribution in [0.4, 0.5) is 23.8 Å². The molecule has 0 saturated carbocycles. The molecular formula is C32H29ClF3N5O4. The lowest BCUT2D eigenvalue weighted by Gasteiger charge is -2.26. The fraction of sp³-hybridized carbons (Fsp3) is 0.281. The number of carbonyl (C=O) groups is 2. The fourth-order valence-corrected chi connectivity index (χ4v) is 5.91. The van der Waals surface area contributed by atoms with Crippen molar-refractivity contribution >= 4 is 29.4 Å². The van der Waals surface area contributed by atoms with E-state index < -0.39 is 24.5 Å². The van der Waals surface area contributed by atoms with E-state index in [0.29, 0.717) is 30.5 Å². The summed E-state index contributed by atoms with van der Waals surface area (Å²) in [7, 11) is 1.77. The average molecular weight is 640 g/mol. The summed E-state index contributed by atoms with van der Waals surface area (Å²) in [6, 6.07) is 16.6. The van der Waals surface area contributed by atoms with Gasteiger partial charge in [0.1, 0.15) is 29.8 Å². The second kappa shape index (κ2) is 12.9. The number of imide groups is 1. The molecular weight excluding hydrogens is 611 g/mol. The summed E-state index contributed by atoms with van der Waals surface area (Å²) in [6.45, 7) is -1.95. The SMILES string of the molecule is Cn1c(N2CCC(=O)NC2=O)cnc1-c1ccc2c(c1)C(COC(F)F)N(Cc1ccc(OCc3c(F)cccc3Cl)cc1)C2. The van der Waals surface area contributed by atoms with E-state index in [9.17, 15) is 22.8 Å². The molecule has 3 aromatic carbocycles. The topological polar surface area (TPSA) is 88.9 Å². The first-order valence-corrected chi connectivity index (χ1v) is 14.6. The van der Waals surface area contributed by atoms with Crippen molar-refractivity contribution in [1.29, 1.82) is 0 Å². The zero-order chi connectivity index (χ0) is 31.7.